The van der Waals surface area contributed by atoms with Crippen LogP contribution < -0.4 is 5.32 Å². The Kier molecular flexibility index (Phi) is 4.18. The molecular weight excluding hydrogens is 170 g/mol. The number of carbonyl (C=O) groups is 1. The lowest BCUT2D eigenvalue weighted by Crippen LogP contribution is -2.45. The van der Waals surface area contributed by atoms with Gasteiger partial charge in [-0.2, -0.15) is 0 Å². The summed E-state index contributed by atoms with van der Waals surface area (Å²) in [6.07, 6.45) is 1.95. The van der Waals surface area contributed by atoms with Gasteiger partial charge >= 0.3 is 5.97 Å². The smallest absolute Gasteiger partial charge is 0.325 e. The van der Waals surface area contributed by atoms with E-state index in [0.29, 0.717) is 6.61 Å². The molecule has 0 spiro atoms. The summed E-state index contributed by atoms with van der Waals surface area (Å²) in [6, 6.07) is -0.303. The summed E-state index contributed by atoms with van der Waals surface area (Å²) in [5.74, 6) is -0.211. The summed E-state index contributed by atoms with van der Waals surface area (Å²) in [5, 5.41) is 2.93. The molecule has 0 aromatic heterocycles. The third-order valence-electron chi connectivity index (χ3n) is 2.19. The Morgan fingerprint density at radius 2 is 2.54 bits per heavy atom. The standard InChI is InChI=1S/C9H17NO3/c1-3-12-9(11)8(10-2)7-5-4-6-13-7/h7-8,10H,3-6H2,1-2H3. The first-order chi connectivity index (χ1) is 6.29. The molecule has 1 rings (SSSR count). The number of ether oxygens (including phenoxy) is 2. The Bertz CT molecular complexity index is 166. The third-order valence-corrected chi connectivity index (χ3v) is 2.19. The molecule has 4 heteroatoms. The van der Waals surface area contributed by atoms with Crippen molar-refractivity contribution in [3.63, 3.8) is 0 Å². The highest BCUT2D eigenvalue weighted by atomic mass is 16.5. The number of nitrogens with one attached hydrogen (secondary N) is 1. The Labute approximate surface area is 78.6 Å². The van der Waals surface area contributed by atoms with E-state index in [1.165, 1.54) is 0 Å². The van der Waals surface area contributed by atoms with Crippen LogP contribution in [0.15, 0.2) is 0 Å². The molecule has 76 valence electrons. The van der Waals surface area contributed by atoms with Gasteiger partial charge in [0.15, 0.2) is 0 Å². The number of rotatable bonds is 4. The lowest BCUT2D eigenvalue weighted by atomic mass is 10.1. The molecule has 2 atom stereocenters. The third kappa shape index (κ3) is 2.67. The van der Waals surface area contributed by atoms with Crippen LogP contribution in [0.4, 0.5) is 0 Å². The van der Waals surface area contributed by atoms with Crippen molar-refractivity contribution in [3.8, 4) is 0 Å². The van der Waals surface area contributed by atoms with E-state index < -0.39 is 0 Å². The van der Waals surface area contributed by atoms with E-state index in [4.69, 9.17) is 9.47 Å². The van der Waals surface area contributed by atoms with Crippen molar-refractivity contribution in [1.82, 2.24) is 5.32 Å². The average Bonchev–Trinajstić information content (AvgIpc) is 2.59. The van der Waals surface area contributed by atoms with Gasteiger partial charge in [-0.15, -0.1) is 0 Å². The van der Waals surface area contributed by atoms with Gasteiger partial charge < -0.3 is 14.8 Å². The number of hydrogen-bond acceptors (Lipinski definition) is 4. The summed E-state index contributed by atoms with van der Waals surface area (Å²) in [5.41, 5.74) is 0. The number of hydrogen-bond donors (Lipinski definition) is 1. The SMILES string of the molecule is CCOC(=O)C(NC)C1CCCO1. The van der Waals surface area contributed by atoms with Crippen LogP contribution in [0.1, 0.15) is 19.8 Å². The summed E-state index contributed by atoms with van der Waals surface area (Å²) in [4.78, 5) is 11.4. The van der Waals surface area contributed by atoms with Gasteiger partial charge in [0.2, 0.25) is 0 Å². The molecule has 1 aliphatic rings. The lowest BCUT2D eigenvalue weighted by Gasteiger charge is -2.20. The molecule has 0 bridgehead atoms. The molecule has 0 radical (unpaired) electrons. The first-order valence-electron chi connectivity index (χ1n) is 4.75. The second-order valence-corrected chi connectivity index (χ2v) is 3.07. The molecule has 1 N–H and O–H groups in total. The first kappa shape index (κ1) is 10.5. The highest BCUT2D eigenvalue weighted by molar-refractivity contribution is 5.76. The van der Waals surface area contributed by atoms with Crippen molar-refractivity contribution in [3.05, 3.63) is 0 Å². The summed E-state index contributed by atoms with van der Waals surface area (Å²) in [7, 11) is 1.75. The van der Waals surface area contributed by atoms with Crippen LogP contribution in [0.3, 0.4) is 0 Å². The van der Waals surface area contributed by atoms with E-state index in [9.17, 15) is 4.79 Å². The molecule has 0 saturated carbocycles. The first-order valence-corrected chi connectivity index (χ1v) is 4.75. The van der Waals surface area contributed by atoms with Crippen LogP contribution in [-0.2, 0) is 14.3 Å². The Balaban J connectivity index is 2.44. The zero-order chi connectivity index (χ0) is 9.68. The van der Waals surface area contributed by atoms with E-state index in [1.54, 1.807) is 14.0 Å². The van der Waals surface area contributed by atoms with Crippen LogP contribution >= 0.6 is 0 Å². The van der Waals surface area contributed by atoms with Crippen LogP contribution in [0.2, 0.25) is 0 Å². The minimum absolute atomic E-state index is 0.0101. The van der Waals surface area contributed by atoms with Crippen LogP contribution in [-0.4, -0.2) is 38.4 Å². The van der Waals surface area contributed by atoms with Gasteiger partial charge in [0.05, 0.1) is 12.7 Å². The highest BCUT2D eigenvalue weighted by Crippen LogP contribution is 2.16. The normalized spacial score (nSPS) is 24.3. The van der Waals surface area contributed by atoms with Crippen molar-refractivity contribution in [1.29, 1.82) is 0 Å². The number of carbonyl (C=O) groups excluding carboxylic acids is 1. The van der Waals surface area contributed by atoms with E-state index in [2.05, 4.69) is 5.32 Å². The molecule has 4 nitrogen and oxygen atoms in total. The topological polar surface area (TPSA) is 47.6 Å². The maximum absolute atomic E-state index is 11.4. The van der Waals surface area contributed by atoms with Gasteiger partial charge in [-0.05, 0) is 26.8 Å². The second-order valence-electron chi connectivity index (χ2n) is 3.07. The fraction of sp³-hybridized carbons (Fsp3) is 0.889. The van der Waals surface area contributed by atoms with E-state index in [0.717, 1.165) is 19.4 Å². The highest BCUT2D eigenvalue weighted by Gasteiger charge is 2.31. The molecule has 1 aliphatic heterocycles. The molecule has 0 aromatic carbocycles. The van der Waals surface area contributed by atoms with Gasteiger partial charge in [0.25, 0.3) is 0 Å². The Hall–Kier alpha value is -0.610. The largest absolute Gasteiger partial charge is 0.465 e. The fourth-order valence-corrected chi connectivity index (χ4v) is 1.55. The molecule has 0 aromatic rings. The molecule has 2 unspecified atom stereocenters. The summed E-state index contributed by atoms with van der Waals surface area (Å²) < 4.78 is 10.3. The number of esters is 1. The molecule has 1 heterocycles. The van der Waals surface area contributed by atoms with Crippen molar-refractivity contribution < 1.29 is 14.3 Å². The van der Waals surface area contributed by atoms with Gasteiger partial charge in [0.1, 0.15) is 6.04 Å². The quantitative estimate of drug-likeness (QED) is 0.644. The molecule has 13 heavy (non-hydrogen) atoms. The average molecular weight is 187 g/mol. The Morgan fingerprint density at radius 3 is 3.00 bits per heavy atom. The second kappa shape index (κ2) is 5.19. The molecule has 1 fully saturated rings. The zero-order valence-electron chi connectivity index (χ0n) is 8.21. The zero-order valence-corrected chi connectivity index (χ0v) is 8.21. The monoisotopic (exact) mass is 187 g/mol. The fourth-order valence-electron chi connectivity index (χ4n) is 1.55. The van der Waals surface area contributed by atoms with Crippen LogP contribution in [0.5, 0.6) is 0 Å². The Morgan fingerprint density at radius 1 is 1.77 bits per heavy atom. The van der Waals surface area contributed by atoms with Gasteiger partial charge in [-0.3, -0.25) is 4.79 Å². The van der Waals surface area contributed by atoms with Crippen molar-refractivity contribution in [2.45, 2.75) is 31.9 Å². The van der Waals surface area contributed by atoms with Gasteiger partial charge in [0, 0.05) is 6.61 Å². The lowest BCUT2D eigenvalue weighted by molar-refractivity contribution is -0.148. The van der Waals surface area contributed by atoms with Crippen LogP contribution in [0, 0.1) is 0 Å². The van der Waals surface area contributed by atoms with Crippen LogP contribution in [0.25, 0.3) is 0 Å². The molecule has 0 aliphatic carbocycles. The summed E-state index contributed by atoms with van der Waals surface area (Å²) >= 11 is 0. The minimum Gasteiger partial charge on any atom is -0.465 e. The van der Waals surface area contributed by atoms with E-state index in [-0.39, 0.29) is 18.1 Å². The van der Waals surface area contributed by atoms with E-state index in [1.807, 2.05) is 0 Å². The molecule has 1 saturated heterocycles. The maximum atomic E-state index is 11.4. The van der Waals surface area contributed by atoms with E-state index >= 15 is 0 Å². The van der Waals surface area contributed by atoms with Gasteiger partial charge in [-0.25, -0.2) is 0 Å². The predicted molar refractivity (Wildman–Crippen MR) is 48.5 cm³/mol. The van der Waals surface area contributed by atoms with Crippen molar-refractivity contribution >= 4 is 5.97 Å². The summed E-state index contributed by atoms with van der Waals surface area (Å²) in [6.45, 7) is 2.98. The van der Waals surface area contributed by atoms with Gasteiger partial charge in [-0.1, -0.05) is 0 Å². The van der Waals surface area contributed by atoms with Crippen molar-refractivity contribution in [2.75, 3.05) is 20.3 Å². The predicted octanol–water partition coefficient (Wildman–Crippen LogP) is 0.316. The minimum atomic E-state index is -0.303. The molecule has 0 amide bonds. The number of likely N-dealkylation sites (N-methyl/N-ethyl adjacent to an activating group) is 1. The van der Waals surface area contributed by atoms with Crippen molar-refractivity contribution in [2.24, 2.45) is 0 Å². The molecular formula is C9H17NO3. The maximum Gasteiger partial charge on any atom is 0.325 e.